The third kappa shape index (κ3) is 4.06. The highest BCUT2D eigenvalue weighted by Crippen LogP contribution is 2.29. The Labute approximate surface area is 141 Å². The van der Waals surface area contributed by atoms with Crippen molar-refractivity contribution in [2.75, 3.05) is 44.2 Å². The van der Waals surface area contributed by atoms with Gasteiger partial charge in [0.05, 0.1) is 13.1 Å². The first-order valence-electron chi connectivity index (χ1n) is 8.06. The van der Waals surface area contributed by atoms with Gasteiger partial charge in [0.1, 0.15) is 0 Å². The van der Waals surface area contributed by atoms with Crippen molar-refractivity contribution in [3.63, 3.8) is 0 Å². The molecule has 0 saturated carbocycles. The van der Waals surface area contributed by atoms with Gasteiger partial charge in [0.15, 0.2) is 0 Å². The molecule has 0 bridgehead atoms. The van der Waals surface area contributed by atoms with Crippen LogP contribution in [0.15, 0.2) is 24.3 Å². The van der Waals surface area contributed by atoms with E-state index in [1.807, 2.05) is 11.8 Å². The maximum absolute atomic E-state index is 12.5. The summed E-state index contributed by atoms with van der Waals surface area (Å²) in [4.78, 5) is 27.9. The molecule has 1 unspecified atom stereocenters. The molecule has 0 spiro atoms. The summed E-state index contributed by atoms with van der Waals surface area (Å²) in [6, 6.07) is 8.86. The Morgan fingerprint density at radius 1 is 1.30 bits per heavy atom. The van der Waals surface area contributed by atoms with E-state index in [0.29, 0.717) is 19.6 Å². The maximum Gasteiger partial charge on any atom is 0.239 e. The van der Waals surface area contributed by atoms with E-state index in [0.717, 1.165) is 18.1 Å². The summed E-state index contributed by atoms with van der Waals surface area (Å²) in [5.74, 6) is 2.06. The zero-order chi connectivity index (χ0) is 16.2. The van der Waals surface area contributed by atoms with Crippen molar-refractivity contribution < 1.29 is 9.59 Å². The van der Waals surface area contributed by atoms with Gasteiger partial charge in [0, 0.05) is 37.2 Å². The van der Waals surface area contributed by atoms with Crippen LogP contribution in [0.2, 0.25) is 0 Å². The summed E-state index contributed by atoms with van der Waals surface area (Å²) in [6.07, 6.45) is 0. The summed E-state index contributed by atoms with van der Waals surface area (Å²) >= 11 is 1.94. The molecule has 2 heterocycles. The Morgan fingerprint density at radius 2 is 2.09 bits per heavy atom. The minimum absolute atomic E-state index is 0.0591. The van der Waals surface area contributed by atoms with Crippen molar-refractivity contribution in [3.8, 4) is 0 Å². The monoisotopic (exact) mass is 333 g/mol. The first-order chi connectivity index (χ1) is 11.1. The van der Waals surface area contributed by atoms with Gasteiger partial charge < -0.3 is 10.2 Å². The second-order valence-corrected chi connectivity index (χ2v) is 7.29. The smallest absolute Gasteiger partial charge is 0.239 e. The molecule has 5 nitrogen and oxygen atoms in total. The van der Waals surface area contributed by atoms with Crippen LogP contribution < -0.4 is 5.32 Å². The van der Waals surface area contributed by atoms with Crippen LogP contribution in [0.5, 0.6) is 0 Å². The van der Waals surface area contributed by atoms with Crippen LogP contribution in [0.3, 0.4) is 0 Å². The summed E-state index contributed by atoms with van der Waals surface area (Å²) in [5, 5.41) is 2.76. The number of amides is 2. The van der Waals surface area contributed by atoms with Crippen LogP contribution in [-0.2, 0) is 9.59 Å². The molecular weight excluding hydrogens is 310 g/mol. The zero-order valence-electron chi connectivity index (χ0n) is 13.5. The summed E-state index contributed by atoms with van der Waals surface area (Å²) in [5.41, 5.74) is 2.52. The fourth-order valence-electron chi connectivity index (χ4n) is 3.05. The van der Waals surface area contributed by atoms with E-state index in [1.54, 1.807) is 4.90 Å². The maximum atomic E-state index is 12.5. The molecule has 3 rings (SSSR count). The Morgan fingerprint density at radius 3 is 2.83 bits per heavy atom. The highest BCUT2D eigenvalue weighted by Gasteiger charge is 2.29. The molecule has 1 N–H and O–H groups in total. The highest BCUT2D eigenvalue weighted by atomic mass is 32.2. The number of aryl methyl sites for hydroxylation is 1. The summed E-state index contributed by atoms with van der Waals surface area (Å²) in [6.45, 7) is 4.75. The number of hydrogen-bond donors (Lipinski definition) is 1. The van der Waals surface area contributed by atoms with Gasteiger partial charge in [-0.15, -0.1) is 0 Å². The topological polar surface area (TPSA) is 52.7 Å². The number of thioether (sulfide) groups is 1. The van der Waals surface area contributed by atoms with Crippen molar-refractivity contribution in [2.24, 2.45) is 0 Å². The number of hydrogen-bond acceptors (Lipinski definition) is 4. The molecule has 1 aromatic carbocycles. The number of carbonyl (C=O) groups excluding carboxylic acids is 2. The van der Waals surface area contributed by atoms with Crippen molar-refractivity contribution in [3.05, 3.63) is 35.4 Å². The molecule has 124 valence electrons. The van der Waals surface area contributed by atoms with Crippen molar-refractivity contribution >= 4 is 23.6 Å². The van der Waals surface area contributed by atoms with Crippen LogP contribution in [0.1, 0.15) is 17.2 Å². The standard InChI is InChI=1S/C17H23N3O2S/c1-13-2-4-14(5-3-13)15-12-23-9-8-19(15)11-17(22)20-7-6-18-16(21)10-20/h2-5,15H,6-12H2,1H3,(H,18,21). The van der Waals surface area contributed by atoms with Gasteiger partial charge in [-0.25, -0.2) is 0 Å². The summed E-state index contributed by atoms with van der Waals surface area (Å²) < 4.78 is 0. The summed E-state index contributed by atoms with van der Waals surface area (Å²) in [7, 11) is 0. The second kappa shape index (κ2) is 7.36. The van der Waals surface area contributed by atoms with E-state index in [-0.39, 0.29) is 24.4 Å². The molecule has 2 aliphatic rings. The first-order valence-corrected chi connectivity index (χ1v) is 9.22. The van der Waals surface area contributed by atoms with Gasteiger partial charge >= 0.3 is 0 Å². The molecule has 0 aromatic heterocycles. The van der Waals surface area contributed by atoms with Crippen LogP contribution in [0, 0.1) is 6.92 Å². The lowest BCUT2D eigenvalue weighted by atomic mass is 10.0. The van der Waals surface area contributed by atoms with E-state index in [1.165, 1.54) is 11.1 Å². The molecule has 2 aliphatic heterocycles. The molecule has 2 saturated heterocycles. The molecule has 6 heteroatoms. The van der Waals surface area contributed by atoms with E-state index in [9.17, 15) is 9.59 Å². The Kier molecular flexibility index (Phi) is 5.23. The molecule has 0 radical (unpaired) electrons. The first kappa shape index (κ1) is 16.3. The van der Waals surface area contributed by atoms with Gasteiger partial charge in [-0.1, -0.05) is 29.8 Å². The normalized spacial score (nSPS) is 22.7. The predicted molar refractivity (Wildman–Crippen MR) is 92.4 cm³/mol. The van der Waals surface area contributed by atoms with Crippen LogP contribution in [-0.4, -0.2) is 65.8 Å². The fourth-order valence-corrected chi connectivity index (χ4v) is 4.20. The van der Waals surface area contributed by atoms with Crippen LogP contribution in [0.25, 0.3) is 0 Å². The lowest BCUT2D eigenvalue weighted by Gasteiger charge is -2.37. The average molecular weight is 333 g/mol. The van der Waals surface area contributed by atoms with Crippen molar-refractivity contribution in [1.29, 1.82) is 0 Å². The molecular formula is C17H23N3O2S. The molecule has 1 atom stereocenters. The van der Waals surface area contributed by atoms with Crippen LogP contribution in [0.4, 0.5) is 0 Å². The van der Waals surface area contributed by atoms with Crippen molar-refractivity contribution in [1.82, 2.24) is 15.1 Å². The highest BCUT2D eigenvalue weighted by molar-refractivity contribution is 7.99. The number of rotatable bonds is 3. The number of benzene rings is 1. The van der Waals surface area contributed by atoms with E-state index in [4.69, 9.17) is 0 Å². The Bertz CT molecular complexity index is 576. The minimum atomic E-state index is -0.0612. The van der Waals surface area contributed by atoms with Crippen molar-refractivity contribution in [2.45, 2.75) is 13.0 Å². The Hall–Kier alpha value is -1.53. The second-order valence-electron chi connectivity index (χ2n) is 6.14. The number of carbonyl (C=O) groups is 2. The molecule has 2 amide bonds. The molecule has 0 aliphatic carbocycles. The lowest BCUT2D eigenvalue weighted by Crippen LogP contribution is -2.53. The van der Waals surface area contributed by atoms with E-state index < -0.39 is 0 Å². The van der Waals surface area contributed by atoms with Crippen LogP contribution >= 0.6 is 11.8 Å². The number of nitrogens with zero attached hydrogens (tertiary/aromatic N) is 2. The van der Waals surface area contributed by atoms with Gasteiger partial charge in [-0.05, 0) is 12.5 Å². The average Bonchev–Trinajstić information content (AvgIpc) is 2.56. The quantitative estimate of drug-likeness (QED) is 0.898. The van der Waals surface area contributed by atoms with Gasteiger partial charge in [0.2, 0.25) is 11.8 Å². The largest absolute Gasteiger partial charge is 0.353 e. The molecule has 2 fully saturated rings. The number of piperazine rings is 1. The van der Waals surface area contributed by atoms with Gasteiger partial charge in [-0.3, -0.25) is 14.5 Å². The molecule has 1 aromatic rings. The minimum Gasteiger partial charge on any atom is -0.353 e. The predicted octanol–water partition coefficient (Wildman–Crippen LogP) is 1.04. The third-order valence-corrected chi connectivity index (χ3v) is 5.45. The SMILES string of the molecule is Cc1ccc(C2CSCCN2CC(=O)N2CCNC(=O)C2)cc1. The lowest BCUT2D eigenvalue weighted by molar-refractivity contribution is -0.139. The van der Waals surface area contributed by atoms with Gasteiger partial charge in [-0.2, -0.15) is 11.8 Å². The molecule has 23 heavy (non-hydrogen) atoms. The van der Waals surface area contributed by atoms with Gasteiger partial charge in [0.25, 0.3) is 0 Å². The third-order valence-electron chi connectivity index (χ3n) is 4.43. The zero-order valence-corrected chi connectivity index (χ0v) is 14.3. The Balaban J connectivity index is 1.67. The number of nitrogens with one attached hydrogen (secondary N) is 1. The fraction of sp³-hybridized carbons (Fsp3) is 0.529. The van der Waals surface area contributed by atoms with E-state index >= 15 is 0 Å². The van der Waals surface area contributed by atoms with E-state index in [2.05, 4.69) is 41.4 Å².